The van der Waals surface area contributed by atoms with Crippen LogP contribution in [0.1, 0.15) is 15.9 Å². The molecule has 0 aliphatic carbocycles. The summed E-state index contributed by atoms with van der Waals surface area (Å²) in [6, 6.07) is 13.4. The third-order valence-electron chi connectivity index (χ3n) is 3.11. The minimum Gasteiger partial charge on any atom is -0.368 e. The van der Waals surface area contributed by atoms with Crippen molar-refractivity contribution in [2.45, 2.75) is 12.5 Å². The second-order valence-electron chi connectivity index (χ2n) is 4.77. The Kier molecular flexibility index (Phi) is 5.79. The van der Waals surface area contributed by atoms with E-state index >= 15 is 0 Å². The molecular weight excluding hydrogens is 415 g/mol. The number of rotatable bonds is 5. The summed E-state index contributed by atoms with van der Waals surface area (Å²) in [7, 11) is 0. The minimum absolute atomic E-state index is 0.353. The topological polar surface area (TPSA) is 72.2 Å². The van der Waals surface area contributed by atoms with E-state index in [1.807, 2.05) is 24.3 Å². The molecular formula is C16H14ClIN2O2. The minimum atomic E-state index is -0.761. The molecule has 4 nitrogen and oxygen atoms in total. The van der Waals surface area contributed by atoms with E-state index in [2.05, 4.69) is 27.9 Å². The molecule has 2 aromatic rings. The van der Waals surface area contributed by atoms with E-state index in [0.29, 0.717) is 17.0 Å². The molecule has 0 bridgehead atoms. The van der Waals surface area contributed by atoms with Gasteiger partial charge >= 0.3 is 0 Å². The average Bonchev–Trinajstić information content (AvgIpc) is 2.49. The summed E-state index contributed by atoms with van der Waals surface area (Å²) in [6.07, 6.45) is 0.353. The second kappa shape index (κ2) is 7.60. The summed E-state index contributed by atoms with van der Waals surface area (Å²) >= 11 is 7.99. The first-order chi connectivity index (χ1) is 10.5. The monoisotopic (exact) mass is 428 g/mol. The van der Waals surface area contributed by atoms with E-state index in [-0.39, 0.29) is 5.91 Å². The molecule has 0 fully saturated rings. The highest BCUT2D eigenvalue weighted by Gasteiger charge is 2.19. The van der Waals surface area contributed by atoms with Crippen LogP contribution in [0, 0.1) is 3.57 Å². The van der Waals surface area contributed by atoms with E-state index in [1.54, 1.807) is 24.3 Å². The molecule has 22 heavy (non-hydrogen) atoms. The van der Waals surface area contributed by atoms with Crippen LogP contribution in [0.25, 0.3) is 0 Å². The number of carbonyl (C=O) groups is 2. The highest BCUT2D eigenvalue weighted by molar-refractivity contribution is 14.1. The Hall–Kier alpha value is -1.60. The summed E-state index contributed by atoms with van der Waals surface area (Å²) in [5.74, 6) is -0.924. The van der Waals surface area contributed by atoms with Crippen LogP contribution >= 0.6 is 34.2 Å². The molecule has 114 valence electrons. The van der Waals surface area contributed by atoms with Crippen molar-refractivity contribution in [1.82, 2.24) is 5.32 Å². The molecule has 0 saturated carbocycles. The van der Waals surface area contributed by atoms with Crippen molar-refractivity contribution in [3.8, 4) is 0 Å². The summed E-state index contributed by atoms with van der Waals surface area (Å²) < 4.78 is 1.10. The fourth-order valence-corrected chi connectivity index (χ4v) is 2.41. The van der Waals surface area contributed by atoms with E-state index in [1.165, 1.54) is 0 Å². The molecule has 0 aliphatic rings. The predicted molar refractivity (Wildman–Crippen MR) is 94.8 cm³/mol. The first kappa shape index (κ1) is 16.8. The Balaban J connectivity index is 2.08. The largest absolute Gasteiger partial charge is 0.368 e. The van der Waals surface area contributed by atoms with Gasteiger partial charge in [0.05, 0.1) is 0 Å². The molecule has 1 atom stereocenters. The lowest BCUT2D eigenvalue weighted by atomic mass is 10.0. The molecule has 2 amide bonds. The van der Waals surface area contributed by atoms with Gasteiger partial charge in [0.25, 0.3) is 5.91 Å². The normalized spacial score (nSPS) is 11.7. The van der Waals surface area contributed by atoms with Crippen LogP contribution in [-0.4, -0.2) is 17.9 Å². The fraction of sp³-hybridized carbons (Fsp3) is 0.125. The fourth-order valence-electron chi connectivity index (χ4n) is 1.92. The van der Waals surface area contributed by atoms with Gasteiger partial charge in [-0.15, -0.1) is 0 Å². The Morgan fingerprint density at radius 1 is 1.09 bits per heavy atom. The van der Waals surface area contributed by atoms with Crippen LogP contribution in [-0.2, 0) is 11.2 Å². The molecule has 0 aliphatic heterocycles. The summed E-state index contributed by atoms with van der Waals surface area (Å²) in [4.78, 5) is 23.7. The average molecular weight is 429 g/mol. The lowest BCUT2D eigenvalue weighted by Gasteiger charge is -2.15. The van der Waals surface area contributed by atoms with E-state index in [4.69, 9.17) is 17.3 Å². The standard InChI is InChI=1S/C16H14ClIN2O2/c17-12-5-3-11(4-6-12)16(22)20-14(15(19)21)9-10-1-7-13(18)8-2-10/h1-8,14H,9H2,(H2,19,21)(H,20,22)/t14-/m1/s1. The van der Waals surface area contributed by atoms with Crippen molar-refractivity contribution in [2.24, 2.45) is 5.73 Å². The molecule has 0 saturated heterocycles. The van der Waals surface area contributed by atoms with Gasteiger partial charge in [0.15, 0.2) is 0 Å². The zero-order valence-electron chi connectivity index (χ0n) is 11.6. The predicted octanol–water partition coefficient (Wildman–Crippen LogP) is 2.77. The van der Waals surface area contributed by atoms with E-state index in [9.17, 15) is 9.59 Å². The van der Waals surface area contributed by atoms with Gasteiger partial charge in [-0.1, -0.05) is 23.7 Å². The molecule has 3 N–H and O–H groups in total. The molecule has 0 radical (unpaired) electrons. The number of hydrogen-bond acceptors (Lipinski definition) is 2. The smallest absolute Gasteiger partial charge is 0.251 e. The quantitative estimate of drug-likeness (QED) is 0.719. The lowest BCUT2D eigenvalue weighted by molar-refractivity contribution is -0.119. The van der Waals surface area contributed by atoms with Gasteiger partial charge in [-0.05, 0) is 64.6 Å². The molecule has 0 unspecified atom stereocenters. The zero-order valence-corrected chi connectivity index (χ0v) is 14.5. The molecule has 0 aromatic heterocycles. The van der Waals surface area contributed by atoms with Crippen LogP contribution in [0.4, 0.5) is 0 Å². The first-order valence-electron chi connectivity index (χ1n) is 6.56. The Bertz CT molecular complexity index is 672. The van der Waals surface area contributed by atoms with Crippen LogP contribution < -0.4 is 11.1 Å². The van der Waals surface area contributed by atoms with Gasteiger partial charge in [0.2, 0.25) is 5.91 Å². The zero-order chi connectivity index (χ0) is 16.1. The maximum Gasteiger partial charge on any atom is 0.251 e. The van der Waals surface area contributed by atoms with Gasteiger partial charge in [0, 0.05) is 20.6 Å². The summed E-state index contributed by atoms with van der Waals surface area (Å²) in [6.45, 7) is 0. The van der Waals surface area contributed by atoms with Crippen molar-refractivity contribution in [2.75, 3.05) is 0 Å². The summed E-state index contributed by atoms with van der Waals surface area (Å²) in [5.41, 5.74) is 6.75. The SMILES string of the molecule is NC(=O)[C@@H](Cc1ccc(I)cc1)NC(=O)c1ccc(Cl)cc1. The number of nitrogens with one attached hydrogen (secondary N) is 1. The highest BCUT2D eigenvalue weighted by atomic mass is 127. The summed E-state index contributed by atoms with van der Waals surface area (Å²) in [5, 5.41) is 3.20. The molecule has 2 rings (SSSR count). The highest BCUT2D eigenvalue weighted by Crippen LogP contribution is 2.11. The van der Waals surface area contributed by atoms with Crippen molar-refractivity contribution in [1.29, 1.82) is 0 Å². The van der Waals surface area contributed by atoms with Gasteiger partial charge in [-0.25, -0.2) is 0 Å². The maximum atomic E-state index is 12.2. The van der Waals surface area contributed by atoms with Crippen LogP contribution in [0.15, 0.2) is 48.5 Å². The van der Waals surface area contributed by atoms with Gasteiger partial charge in [0.1, 0.15) is 6.04 Å². The number of hydrogen-bond donors (Lipinski definition) is 2. The maximum absolute atomic E-state index is 12.2. The Morgan fingerprint density at radius 3 is 2.23 bits per heavy atom. The molecule has 2 aromatic carbocycles. The van der Waals surface area contributed by atoms with Crippen molar-refractivity contribution in [3.05, 3.63) is 68.3 Å². The number of benzene rings is 2. The Morgan fingerprint density at radius 2 is 1.68 bits per heavy atom. The lowest BCUT2D eigenvalue weighted by Crippen LogP contribution is -2.45. The van der Waals surface area contributed by atoms with Crippen LogP contribution in [0.5, 0.6) is 0 Å². The first-order valence-corrected chi connectivity index (χ1v) is 8.01. The Labute approximate surface area is 147 Å². The third kappa shape index (κ3) is 4.71. The van der Waals surface area contributed by atoms with E-state index in [0.717, 1.165) is 9.13 Å². The van der Waals surface area contributed by atoms with Gasteiger partial charge in [-0.2, -0.15) is 0 Å². The molecule has 6 heteroatoms. The number of nitrogens with two attached hydrogens (primary N) is 1. The van der Waals surface area contributed by atoms with Crippen molar-refractivity contribution < 1.29 is 9.59 Å². The van der Waals surface area contributed by atoms with Crippen LogP contribution in [0.2, 0.25) is 5.02 Å². The number of halogens is 2. The second-order valence-corrected chi connectivity index (χ2v) is 6.45. The molecule has 0 heterocycles. The van der Waals surface area contributed by atoms with Crippen molar-refractivity contribution in [3.63, 3.8) is 0 Å². The number of carbonyl (C=O) groups excluding carboxylic acids is 2. The number of amides is 2. The van der Waals surface area contributed by atoms with Crippen LogP contribution in [0.3, 0.4) is 0 Å². The third-order valence-corrected chi connectivity index (χ3v) is 4.08. The molecule has 0 spiro atoms. The van der Waals surface area contributed by atoms with Crippen molar-refractivity contribution >= 4 is 46.0 Å². The number of primary amides is 1. The van der Waals surface area contributed by atoms with Gasteiger partial charge in [-0.3, -0.25) is 9.59 Å². The van der Waals surface area contributed by atoms with Gasteiger partial charge < -0.3 is 11.1 Å². The van der Waals surface area contributed by atoms with E-state index < -0.39 is 11.9 Å².